The summed E-state index contributed by atoms with van der Waals surface area (Å²) in [5.41, 5.74) is 1.89. The van der Waals surface area contributed by atoms with E-state index in [1.54, 1.807) is 5.38 Å². The maximum absolute atomic E-state index is 12.7. The molecule has 0 radical (unpaired) electrons. The summed E-state index contributed by atoms with van der Waals surface area (Å²) in [5, 5.41) is 4.44. The summed E-state index contributed by atoms with van der Waals surface area (Å²) in [5.74, 6) is -0.290. The smallest absolute Gasteiger partial charge is 0.332 e. The van der Waals surface area contributed by atoms with E-state index >= 15 is 0 Å². The Bertz CT molecular complexity index is 1050. The van der Waals surface area contributed by atoms with Crippen molar-refractivity contribution in [3.8, 4) is 0 Å². The zero-order valence-electron chi connectivity index (χ0n) is 14.7. The molecule has 0 atom stereocenters. The molecule has 1 N–H and O–H groups in total. The van der Waals surface area contributed by atoms with Crippen molar-refractivity contribution < 1.29 is 4.79 Å². The van der Waals surface area contributed by atoms with Crippen LogP contribution in [0.1, 0.15) is 24.5 Å². The van der Waals surface area contributed by atoms with Crippen LogP contribution in [0.15, 0.2) is 39.2 Å². The molecule has 3 rings (SSSR count). The Labute approximate surface area is 154 Å². The zero-order chi connectivity index (χ0) is 18.7. The van der Waals surface area contributed by atoms with E-state index in [1.165, 1.54) is 4.57 Å². The number of carbonyl (C=O) groups is 1. The highest BCUT2D eigenvalue weighted by Crippen LogP contribution is 2.09. The van der Waals surface area contributed by atoms with Crippen LogP contribution in [0.4, 0.5) is 0 Å². The van der Waals surface area contributed by atoms with Gasteiger partial charge in [-0.05, 0) is 30.4 Å². The van der Waals surface area contributed by atoms with Gasteiger partial charge in [0.2, 0.25) is 5.91 Å². The molecular formula is C18H20N4O3S. The minimum atomic E-state index is -0.477. The minimum absolute atomic E-state index is 0.149. The number of amides is 1. The molecule has 0 unspecified atom stereocenters. The average molecular weight is 372 g/mol. The van der Waals surface area contributed by atoms with Gasteiger partial charge in [-0.3, -0.25) is 18.7 Å². The fourth-order valence-electron chi connectivity index (χ4n) is 2.71. The van der Waals surface area contributed by atoms with Crippen molar-refractivity contribution in [2.75, 3.05) is 0 Å². The van der Waals surface area contributed by atoms with Crippen molar-refractivity contribution in [1.82, 2.24) is 18.8 Å². The normalized spacial score (nSPS) is 11.0. The lowest BCUT2D eigenvalue weighted by molar-refractivity contribution is -0.121. The summed E-state index contributed by atoms with van der Waals surface area (Å²) < 4.78 is 6.56. The third-order valence-electron chi connectivity index (χ3n) is 4.11. The van der Waals surface area contributed by atoms with E-state index in [0.717, 1.165) is 27.2 Å². The van der Waals surface area contributed by atoms with Gasteiger partial charge in [-0.25, -0.2) is 4.79 Å². The standard InChI is InChI=1S/C18H20N4O3S/c1-3-8-21-17(24)16-14(11-26-20-16)22(18(21)25)10-15(23)19-9-13-6-4-12(2)5-7-13/h4-7,11H,3,8-10H2,1-2H3,(H,19,23). The van der Waals surface area contributed by atoms with Gasteiger partial charge in [0.1, 0.15) is 6.54 Å². The highest BCUT2D eigenvalue weighted by Gasteiger charge is 2.16. The molecule has 0 aliphatic rings. The van der Waals surface area contributed by atoms with Gasteiger partial charge < -0.3 is 5.32 Å². The van der Waals surface area contributed by atoms with Crippen LogP contribution in [-0.4, -0.2) is 19.4 Å². The van der Waals surface area contributed by atoms with E-state index in [0.29, 0.717) is 25.0 Å². The Kier molecular flexibility index (Phi) is 5.32. The number of nitrogens with one attached hydrogen (secondary N) is 1. The van der Waals surface area contributed by atoms with Gasteiger partial charge in [-0.2, -0.15) is 4.37 Å². The second-order valence-corrected chi connectivity index (χ2v) is 6.77. The fraction of sp³-hybridized carbons (Fsp3) is 0.333. The third-order valence-corrected chi connectivity index (χ3v) is 4.73. The Morgan fingerprint density at radius 3 is 2.62 bits per heavy atom. The highest BCUT2D eigenvalue weighted by molar-refractivity contribution is 7.04. The summed E-state index contributed by atoms with van der Waals surface area (Å²) >= 11 is 1.10. The molecule has 0 saturated carbocycles. The Morgan fingerprint density at radius 1 is 1.19 bits per heavy atom. The zero-order valence-corrected chi connectivity index (χ0v) is 15.5. The van der Waals surface area contributed by atoms with E-state index in [4.69, 9.17) is 0 Å². The summed E-state index contributed by atoms with van der Waals surface area (Å²) in [6.45, 7) is 4.42. The summed E-state index contributed by atoms with van der Waals surface area (Å²) in [7, 11) is 0. The van der Waals surface area contributed by atoms with Crippen LogP contribution in [0.5, 0.6) is 0 Å². The first-order valence-electron chi connectivity index (χ1n) is 8.41. The molecule has 3 aromatic rings. The largest absolute Gasteiger partial charge is 0.350 e. The second kappa shape index (κ2) is 7.65. The summed E-state index contributed by atoms with van der Waals surface area (Å²) in [6, 6.07) is 7.86. The van der Waals surface area contributed by atoms with Crippen molar-refractivity contribution in [2.24, 2.45) is 0 Å². The Hall–Kier alpha value is -2.74. The van der Waals surface area contributed by atoms with Crippen LogP contribution < -0.4 is 16.6 Å². The second-order valence-electron chi connectivity index (χ2n) is 6.14. The molecule has 0 spiro atoms. The molecule has 1 amide bonds. The van der Waals surface area contributed by atoms with Crippen molar-refractivity contribution in [2.45, 2.75) is 39.9 Å². The van der Waals surface area contributed by atoms with E-state index < -0.39 is 11.2 Å². The van der Waals surface area contributed by atoms with Crippen molar-refractivity contribution in [3.05, 3.63) is 61.6 Å². The number of hydrogen-bond acceptors (Lipinski definition) is 5. The monoisotopic (exact) mass is 372 g/mol. The number of benzene rings is 1. The van der Waals surface area contributed by atoms with Gasteiger partial charge in [0.25, 0.3) is 5.56 Å². The molecule has 1 aromatic carbocycles. The van der Waals surface area contributed by atoms with E-state index in [9.17, 15) is 14.4 Å². The van der Waals surface area contributed by atoms with Crippen LogP contribution >= 0.6 is 11.5 Å². The summed E-state index contributed by atoms with van der Waals surface area (Å²) in [4.78, 5) is 37.4. The lowest BCUT2D eigenvalue weighted by Gasteiger charge is -2.11. The maximum atomic E-state index is 12.7. The highest BCUT2D eigenvalue weighted by atomic mass is 32.1. The topological polar surface area (TPSA) is 86.0 Å². The fourth-order valence-corrected chi connectivity index (χ4v) is 3.38. The molecule has 0 aliphatic heterocycles. The van der Waals surface area contributed by atoms with Gasteiger partial charge >= 0.3 is 5.69 Å². The predicted octanol–water partition coefficient (Wildman–Crippen LogP) is 1.65. The van der Waals surface area contributed by atoms with Gasteiger partial charge in [0, 0.05) is 18.5 Å². The SMILES string of the molecule is CCCn1c(=O)c2nscc2n(CC(=O)NCc2ccc(C)cc2)c1=O. The van der Waals surface area contributed by atoms with Crippen LogP contribution in [0, 0.1) is 6.92 Å². The summed E-state index contributed by atoms with van der Waals surface area (Å²) in [6.07, 6.45) is 0.643. The maximum Gasteiger partial charge on any atom is 0.332 e. The third kappa shape index (κ3) is 3.60. The average Bonchev–Trinajstić information content (AvgIpc) is 3.11. The molecule has 8 heteroatoms. The van der Waals surface area contributed by atoms with E-state index in [2.05, 4.69) is 9.69 Å². The number of rotatable bonds is 6. The van der Waals surface area contributed by atoms with Crippen LogP contribution in [0.3, 0.4) is 0 Å². The van der Waals surface area contributed by atoms with E-state index in [1.807, 2.05) is 38.1 Å². The number of aromatic nitrogens is 3. The molecular weight excluding hydrogens is 352 g/mol. The van der Waals surface area contributed by atoms with E-state index in [-0.39, 0.29) is 18.0 Å². The molecule has 26 heavy (non-hydrogen) atoms. The Balaban J connectivity index is 1.84. The molecule has 136 valence electrons. The van der Waals surface area contributed by atoms with Crippen molar-refractivity contribution in [1.29, 1.82) is 0 Å². The quantitative estimate of drug-likeness (QED) is 0.713. The molecule has 2 aromatic heterocycles. The molecule has 2 heterocycles. The number of aryl methyl sites for hydroxylation is 1. The van der Waals surface area contributed by atoms with Crippen molar-refractivity contribution >= 4 is 28.5 Å². The minimum Gasteiger partial charge on any atom is -0.350 e. The first kappa shape index (κ1) is 18.1. The number of fused-ring (bicyclic) bond motifs is 1. The molecule has 0 aliphatic carbocycles. The molecule has 0 fully saturated rings. The van der Waals surface area contributed by atoms with Gasteiger partial charge in [0.05, 0.1) is 5.52 Å². The lowest BCUT2D eigenvalue weighted by Crippen LogP contribution is -2.42. The van der Waals surface area contributed by atoms with Gasteiger partial charge in [0.15, 0.2) is 5.52 Å². The van der Waals surface area contributed by atoms with Crippen LogP contribution in [-0.2, 0) is 24.4 Å². The first-order chi connectivity index (χ1) is 12.5. The van der Waals surface area contributed by atoms with Crippen LogP contribution in [0.25, 0.3) is 11.0 Å². The predicted molar refractivity (Wildman–Crippen MR) is 101 cm³/mol. The first-order valence-corrected chi connectivity index (χ1v) is 9.25. The van der Waals surface area contributed by atoms with Gasteiger partial charge in [-0.15, -0.1) is 0 Å². The molecule has 7 nitrogen and oxygen atoms in total. The number of nitrogens with zero attached hydrogens (tertiary/aromatic N) is 3. The number of carbonyl (C=O) groups excluding carboxylic acids is 1. The van der Waals surface area contributed by atoms with Crippen molar-refractivity contribution in [3.63, 3.8) is 0 Å². The number of hydrogen-bond donors (Lipinski definition) is 1. The lowest BCUT2D eigenvalue weighted by atomic mass is 10.1. The molecule has 0 bridgehead atoms. The van der Waals surface area contributed by atoms with Gasteiger partial charge in [-0.1, -0.05) is 36.8 Å². The Morgan fingerprint density at radius 2 is 1.92 bits per heavy atom. The molecule has 0 saturated heterocycles. The van der Waals surface area contributed by atoms with Crippen LogP contribution in [0.2, 0.25) is 0 Å².